The van der Waals surface area contributed by atoms with Crippen LogP contribution in [0.25, 0.3) is 0 Å². The minimum absolute atomic E-state index is 0. The van der Waals surface area contributed by atoms with E-state index in [0.717, 1.165) is 19.3 Å². The Morgan fingerprint density at radius 3 is 2.79 bits per heavy atom. The third-order valence-electron chi connectivity index (χ3n) is 2.44. The molecule has 1 aliphatic rings. The Balaban J connectivity index is 0.00000169. The van der Waals surface area contributed by atoms with Crippen LogP contribution in [0.4, 0.5) is 0 Å². The summed E-state index contributed by atoms with van der Waals surface area (Å²) in [5.41, 5.74) is -0.381. The van der Waals surface area contributed by atoms with E-state index in [4.69, 9.17) is 9.47 Å². The van der Waals surface area contributed by atoms with Crippen LogP contribution in [0.1, 0.15) is 40.5 Å². The maximum Gasteiger partial charge on any atom is 0.314 e. The number of rotatable bonds is 4. The topological polar surface area (TPSA) is 35.5 Å². The van der Waals surface area contributed by atoms with E-state index in [1.54, 1.807) is 0 Å². The van der Waals surface area contributed by atoms with Crippen molar-refractivity contribution in [3.8, 4) is 0 Å². The normalized spacial score (nSPS) is 25.6. The average molecular weight is 202 g/mol. The monoisotopic (exact) mass is 202 g/mol. The van der Waals surface area contributed by atoms with Crippen molar-refractivity contribution in [2.75, 3.05) is 19.8 Å². The van der Waals surface area contributed by atoms with Gasteiger partial charge in [-0.05, 0) is 19.8 Å². The van der Waals surface area contributed by atoms with Gasteiger partial charge in [-0.15, -0.1) is 0 Å². The summed E-state index contributed by atoms with van der Waals surface area (Å²) >= 11 is 0. The zero-order valence-corrected chi connectivity index (χ0v) is 8.47. The van der Waals surface area contributed by atoms with Crippen LogP contribution in [-0.4, -0.2) is 25.8 Å². The van der Waals surface area contributed by atoms with Crippen molar-refractivity contribution in [1.29, 1.82) is 0 Å². The lowest BCUT2D eigenvalue weighted by atomic mass is 9.90. The molecule has 1 atom stereocenters. The molecule has 0 aliphatic carbocycles. The molecule has 0 radical (unpaired) electrons. The molecule has 0 bridgehead atoms. The smallest absolute Gasteiger partial charge is 0.314 e. The van der Waals surface area contributed by atoms with Crippen LogP contribution in [0, 0.1) is 5.41 Å². The highest BCUT2D eigenvalue weighted by Gasteiger charge is 2.38. The third kappa shape index (κ3) is 3.29. The molecule has 1 fully saturated rings. The fourth-order valence-corrected chi connectivity index (χ4v) is 1.31. The van der Waals surface area contributed by atoms with Gasteiger partial charge in [0.05, 0.1) is 18.6 Å². The highest BCUT2D eigenvalue weighted by molar-refractivity contribution is 5.76. The fourth-order valence-electron chi connectivity index (χ4n) is 1.31. The number of carbonyl (C=O) groups excluding carboxylic acids is 1. The first kappa shape index (κ1) is 13.4. The minimum atomic E-state index is -0.381. The quantitative estimate of drug-likeness (QED) is 0.518. The van der Waals surface area contributed by atoms with Crippen LogP contribution in [0.2, 0.25) is 0 Å². The number of hydrogen-bond acceptors (Lipinski definition) is 3. The predicted molar refractivity (Wildman–Crippen MR) is 56.1 cm³/mol. The highest BCUT2D eigenvalue weighted by Crippen LogP contribution is 2.29. The number of unbranched alkanes of at least 4 members (excludes halogenated alkanes) is 1. The molecule has 0 N–H and O–H groups in total. The minimum Gasteiger partial charge on any atom is -0.465 e. The molecule has 0 aromatic rings. The van der Waals surface area contributed by atoms with Crippen molar-refractivity contribution in [2.45, 2.75) is 40.5 Å². The van der Waals surface area contributed by atoms with Gasteiger partial charge in [-0.2, -0.15) is 0 Å². The van der Waals surface area contributed by atoms with Crippen molar-refractivity contribution < 1.29 is 14.3 Å². The van der Waals surface area contributed by atoms with Crippen LogP contribution in [0.3, 0.4) is 0 Å². The van der Waals surface area contributed by atoms with Gasteiger partial charge in [-0.25, -0.2) is 0 Å². The predicted octanol–water partition coefficient (Wildman–Crippen LogP) is 2.39. The van der Waals surface area contributed by atoms with Crippen LogP contribution >= 0.6 is 0 Å². The van der Waals surface area contributed by atoms with Crippen LogP contribution in [0.5, 0.6) is 0 Å². The summed E-state index contributed by atoms with van der Waals surface area (Å²) in [4.78, 5) is 11.5. The number of ether oxygens (including phenoxy) is 2. The molecule has 3 heteroatoms. The molecule has 1 saturated heterocycles. The van der Waals surface area contributed by atoms with Gasteiger partial charge < -0.3 is 9.47 Å². The third-order valence-corrected chi connectivity index (χ3v) is 2.44. The van der Waals surface area contributed by atoms with Crippen molar-refractivity contribution in [2.24, 2.45) is 5.41 Å². The van der Waals surface area contributed by atoms with Gasteiger partial charge in [-0.1, -0.05) is 20.8 Å². The van der Waals surface area contributed by atoms with Crippen molar-refractivity contribution in [1.82, 2.24) is 0 Å². The Bertz CT molecular complexity index is 171. The van der Waals surface area contributed by atoms with Crippen molar-refractivity contribution in [3.63, 3.8) is 0 Å². The summed E-state index contributed by atoms with van der Waals surface area (Å²) in [6.07, 6.45) is 2.79. The summed E-state index contributed by atoms with van der Waals surface area (Å²) in [6, 6.07) is 0. The molecule has 1 heterocycles. The number of esters is 1. The van der Waals surface area contributed by atoms with Gasteiger partial charge in [0.1, 0.15) is 0 Å². The SMILES string of the molecule is C.CCCCOC(=O)C1(C)CCOC1. The molecule has 1 unspecified atom stereocenters. The molecular weight excluding hydrogens is 180 g/mol. The van der Waals surface area contributed by atoms with Gasteiger partial charge in [0.25, 0.3) is 0 Å². The lowest BCUT2D eigenvalue weighted by Gasteiger charge is -2.19. The number of carbonyl (C=O) groups is 1. The fraction of sp³-hybridized carbons (Fsp3) is 0.909. The average Bonchev–Trinajstić information content (AvgIpc) is 2.54. The molecule has 0 saturated carbocycles. The Morgan fingerprint density at radius 1 is 1.57 bits per heavy atom. The van der Waals surface area contributed by atoms with E-state index in [0.29, 0.717) is 19.8 Å². The Hall–Kier alpha value is -0.570. The van der Waals surface area contributed by atoms with E-state index in [9.17, 15) is 4.79 Å². The molecule has 0 spiro atoms. The first-order valence-electron chi connectivity index (χ1n) is 4.94. The summed E-state index contributed by atoms with van der Waals surface area (Å²) in [5.74, 6) is -0.0987. The van der Waals surface area contributed by atoms with Gasteiger partial charge >= 0.3 is 5.97 Å². The molecule has 0 aromatic carbocycles. The summed E-state index contributed by atoms with van der Waals surface area (Å²) in [7, 11) is 0. The number of hydrogen-bond donors (Lipinski definition) is 0. The van der Waals surface area contributed by atoms with Crippen LogP contribution in [0.15, 0.2) is 0 Å². The van der Waals surface area contributed by atoms with Crippen LogP contribution in [-0.2, 0) is 14.3 Å². The largest absolute Gasteiger partial charge is 0.465 e. The molecule has 1 aliphatic heterocycles. The first-order valence-corrected chi connectivity index (χ1v) is 4.94. The molecule has 14 heavy (non-hydrogen) atoms. The molecular formula is C11H22O3. The second kappa shape index (κ2) is 6.02. The molecule has 0 amide bonds. The summed E-state index contributed by atoms with van der Waals surface area (Å²) in [6.45, 7) is 5.73. The van der Waals surface area contributed by atoms with E-state index in [1.165, 1.54) is 0 Å². The lowest BCUT2D eigenvalue weighted by Crippen LogP contribution is -2.30. The maximum atomic E-state index is 11.5. The summed E-state index contributed by atoms with van der Waals surface area (Å²) in [5, 5.41) is 0. The molecule has 1 rings (SSSR count). The van der Waals surface area contributed by atoms with E-state index < -0.39 is 0 Å². The second-order valence-corrected chi connectivity index (χ2v) is 3.85. The molecule has 84 valence electrons. The van der Waals surface area contributed by atoms with E-state index in [-0.39, 0.29) is 18.8 Å². The highest BCUT2D eigenvalue weighted by atomic mass is 16.5. The maximum absolute atomic E-state index is 11.5. The van der Waals surface area contributed by atoms with Crippen LogP contribution < -0.4 is 0 Å². The zero-order valence-electron chi connectivity index (χ0n) is 8.47. The van der Waals surface area contributed by atoms with Gasteiger partial charge in [0.2, 0.25) is 0 Å². The first-order chi connectivity index (χ1) is 6.19. The van der Waals surface area contributed by atoms with E-state index >= 15 is 0 Å². The van der Waals surface area contributed by atoms with E-state index in [2.05, 4.69) is 6.92 Å². The van der Waals surface area contributed by atoms with Gasteiger partial charge in [0.15, 0.2) is 0 Å². The summed E-state index contributed by atoms with van der Waals surface area (Å²) < 4.78 is 10.3. The van der Waals surface area contributed by atoms with Crippen molar-refractivity contribution in [3.05, 3.63) is 0 Å². The van der Waals surface area contributed by atoms with Gasteiger partial charge in [-0.3, -0.25) is 4.79 Å². The zero-order chi connectivity index (χ0) is 9.73. The molecule has 0 aromatic heterocycles. The Morgan fingerprint density at radius 2 is 2.29 bits per heavy atom. The second-order valence-electron chi connectivity index (χ2n) is 3.85. The Labute approximate surface area is 86.8 Å². The van der Waals surface area contributed by atoms with E-state index in [1.807, 2.05) is 6.92 Å². The van der Waals surface area contributed by atoms with Gasteiger partial charge in [0, 0.05) is 6.61 Å². The lowest BCUT2D eigenvalue weighted by molar-refractivity contribution is -0.154. The van der Waals surface area contributed by atoms with Crippen molar-refractivity contribution >= 4 is 5.97 Å². The Kier molecular flexibility index (Phi) is 5.77. The molecule has 3 nitrogen and oxygen atoms in total. The standard InChI is InChI=1S/C10H18O3.CH4/c1-3-4-6-13-9(11)10(2)5-7-12-8-10;/h3-8H2,1-2H3;1H4.